The molecule has 3 aliphatic heterocycles. The molecule has 10 nitrogen and oxygen atoms in total. The van der Waals surface area contributed by atoms with Gasteiger partial charge in [-0.15, -0.1) is 0 Å². The van der Waals surface area contributed by atoms with Gasteiger partial charge in [0.05, 0.1) is 29.3 Å². The Balaban J connectivity index is 1.59. The smallest absolute Gasteiger partial charge is 0.328 e. The van der Waals surface area contributed by atoms with Crippen LogP contribution in [-0.4, -0.2) is 52.8 Å². The van der Waals surface area contributed by atoms with Crippen LogP contribution in [0, 0.1) is 12.3 Å². The number of aryl methyl sites for hydroxylation is 1. The second kappa shape index (κ2) is 7.50. The normalized spacial score (nSPS) is 25.3. The average Bonchev–Trinajstić information content (AvgIpc) is 3.21. The minimum absolute atomic E-state index is 0.0307. The molecule has 3 atom stereocenters. The largest absolute Gasteiger partial charge is 0.372 e. The second-order valence-electron chi connectivity index (χ2n) is 9.43. The van der Waals surface area contributed by atoms with Crippen molar-refractivity contribution < 1.29 is 23.6 Å². The second-order valence-corrected chi connectivity index (χ2v) is 9.81. The molecular weight excluding hydrogens is 474 g/mol. The van der Waals surface area contributed by atoms with E-state index in [0.29, 0.717) is 39.5 Å². The first-order valence-electron chi connectivity index (χ1n) is 11.3. The number of nitrogens with one attached hydrogen (secondary N) is 2. The molecule has 0 radical (unpaired) electrons. The Morgan fingerprint density at radius 1 is 1.17 bits per heavy atom. The third-order valence-corrected chi connectivity index (χ3v) is 7.50. The standard InChI is InChI=1S/C24H22ClN5O5/c1-10-4-5-13(8-26-10)17-15-6-14-7-24(21(31)27-23(33)28-22(24)32)20-12(3)34-11(2)9-30(20)18(14)16(25)19(15)35-29-17/h4-6,8,11-12,20H,7,9H2,1-3H3,(H2,27,28,31,32,33)/t11-,12+,20-/m0/s1. The summed E-state index contributed by atoms with van der Waals surface area (Å²) in [4.78, 5) is 44.9. The zero-order valence-electron chi connectivity index (χ0n) is 19.2. The summed E-state index contributed by atoms with van der Waals surface area (Å²) in [6.07, 6.45) is 1.06. The Kier molecular flexibility index (Phi) is 4.71. The van der Waals surface area contributed by atoms with Gasteiger partial charge >= 0.3 is 6.03 Å². The number of nitrogens with zero attached hydrogens (tertiary/aromatic N) is 3. The number of rotatable bonds is 1. The summed E-state index contributed by atoms with van der Waals surface area (Å²) in [5.74, 6) is -1.30. The summed E-state index contributed by atoms with van der Waals surface area (Å²) in [5.41, 5.74) is 2.37. The van der Waals surface area contributed by atoms with Crippen LogP contribution in [0.15, 0.2) is 28.9 Å². The van der Waals surface area contributed by atoms with Crippen LogP contribution >= 0.6 is 11.6 Å². The predicted molar refractivity (Wildman–Crippen MR) is 126 cm³/mol. The predicted octanol–water partition coefficient (Wildman–Crippen LogP) is 2.74. The van der Waals surface area contributed by atoms with Gasteiger partial charge in [-0.3, -0.25) is 25.2 Å². The Morgan fingerprint density at radius 2 is 1.91 bits per heavy atom. The van der Waals surface area contributed by atoms with Crippen LogP contribution in [0.4, 0.5) is 10.5 Å². The van der Waals surface area contributed by atoms with E-state index in [4.69, 9.17) is 20.9 Å². The molecule has 0 aliphatic carbocycles. The maximum Gasteiger partial charge on any atom is 0.328 e. The van der Waals surface area contributed by atoms with Crippen molar-refractivity contribution in [3.05, 3.63) is 40.7 Å². The number of anilines is 1. The number of hydrogen-bond acceptors (Lipinski definition) is 8. The molecule has 11 heteroatoms. The van der Waals surface area contributed by atoms with Gasteiger partial charge in [-0.25, -0.2) is 4.79 Å². The zero-order chi connectivity index (χ0) is 24.6. The summed E-state index contributed by atoms with van der Waals surface area (Å²) in [5, 5.41) is 9.84. The van der Waals surface area contributed by atoms with E-state index in [1.807, 2.05) is 43.9 Å². The van der Waals surface area contributed by atoms with Crippen LogP contribution in [0.5, 0.6) is 0 Å². The van der Waals surface area contributed by atoms with E-state index in [2.05, 4.69) is 20.8 Å². The lowest BCUT2D eigenvalue weighted by Crippen LogP contribution is -2.75. The molecule has 3 aromatic rings. The van der Waals surface area contributed by atoms with E-state index in [-0.39, 0.29) is 12.5 Å². The van der Waals surface area contributed by atoms with E-state index < -0.39 is 35.4 Å². The zero-order valence-corrected chi connectivity index (χ0v) is 20.0. The first kappa shape index (κ1) is 22.0. The number of amides is 4. The van der Waals surface area contributed by atoms with Crippen molar-refractivity contribution in [1.82, 2.24) is 20.8 Å². The SMILES string of the molecule is Cc1ccc(-c2noc3c(Cl)c4c(cc23)CC2(C(=O)NC(=O)NC2=O)[C@@H]2[C@@H](C)O[C@@H](C)CN42)cn1. The van der Waals surface area contributed by atoms with Crippen molar-refractivity contribution >= 4 is 46.1 Å². The number of halogens is 1. The number of aromatic nitrogens is 2. The number of fused-ring (bicyclic) bond motifs is 5. The first-order chi connectivity index (χ1) is 16.7. The Bertz CT molecular complexity index is 1400. The van der Waals surface area contributed by atoms with Gasteiger partial charge in [0.15, 0.2) is 11.0 Å². The van der Waals surface area contributed by atoms with Gasteiger partial charge in [-0.05, 0) is 51.0 Å². The number of imide groups is 2. The minimum atomic E-state index is -1.58. The van der Waals surface area contributed by atoms with Gasteiger partial charge in [0.1, 0.15) is 10.7 Å². The lowest BCUT2D eigenvalue weighted by Gasteiger charge is -2.55. The molecule has 0 saturated carbocycles. The Hall–Kier alpha value is -3.50. The van der Waals surface area contributed by atoms with Crippen molar-refractivity contribution in [3.63, 3.8) is 0 Å². The minimum Gasteiger partial charge on any atom is -0.372 e. The van der Waals surface area contributed by atoms with Crippen LogP contribution in [-0.2, 0) is 20.7 Å². The van der Waals surface area contributed by atoms with Crippen LogP contribution in [0.3, 0.4) is 0 Å². The molecule has 0 unspecified atom stereocenters. The summed E-state index contributed by atoms with van der Waals surface area (Å²) >= 11 is 6.94. The summed E-state index contributed by atoms with van der Waals surface area (Å²) in [7, 11) is 0. The molecule has 1 spiro atoms. The van der Waals surface area contributed by atoms with Crippen LogP contribution < -0.4 is 15.5 Å². The van der Waals surface area contributed by atoms with Crippen LogP contribution in [0.25, 0.3) is 22.2 Å². The number of carbonyl (C=O) groups is 3. The Morgan fingerprint density at radius 3 is 2.60 bits per heavy atom. The maximum absolute atomic E-state index is 13.4. The maximum atomic E-state index is 13.4. The number of benzene rings is 1. The topological polar surface area (TPSA) is 127 Å². The van der Waals surface area contributed by atoms with E-state index in [0.717, 1.165) is 11.3 Å². The van der Waals surface area contributed by atoms with Crippen molar-refractivity contribution in [2.24, 2.45) is 5.41 Å². The van der Waals surface area contributed by atoms with E-state index in [1.54, 1.807) is 6.20 Å². The van der Waals surface area contributed by atoms with Crippen molar-refractivity contribution in [1.29, 1.82) is 0 Å². The van der Waals surface area contributed by atoms with Crippen molar-refractivity contribution in [2.75, 3.05) is 11.4 Å². The molecule has 4 amide bonds. The fourth-order valence-corrected chi connectivity index (χ4v) is 6.13. The summed E-state index contributed by atoms with van der Waals surface area (Å²) in [6.45, 7) is 6.03. The van der Waals surface area contributed by atoms with E-state index >= 15 is 0 Å². The molecule has 2 fully saturated rings. The molecule has 180 valence electrons. The molecule has 6 rings (SSSR count). The monoisotopic (exact) mass is 495 g/mol. The highest BCUT2D eigenvalue weighted by molar-refractivity contribution is 6.38. The molecule has 2 N–H and O–H groups in total. The number of ether oxygens (including phenoxy) is 1. The third-order valence-electron chi connectivity index (χ3n) is 7.15. The first-order valence-corrected chi connectivity index (χ1v) is 11.7. The Labute approximate surface area is 204 Å². The number of carbonyl (C=O) groups excluding carboxylic acids is 3. The van der Waals surface area contributed by atoms with Gasteiger partial charge in [-0.2, -0.15) is 0 Å². The number of barbiturate groups is 1. The summed E-state index contributed by atoms with van der Waals surface area (Å²) in [6, 6.07) is 4.12. The van der Waals surface area contributed by atoms with Crippen molar-refractivity contribution in [2.45, 2.75) is 45.4 Å². The molecule has 5 heterocycles. The average molecular weight is 496 g/mol. The number of morpholine rings is 1. The molecule has 1 aromatic carbocycles. The highest BCUT2D eigenvalue weighted by Crippen LogP contribution is 2.51. The van der Waals surface area contributed by atoms with Gasteiger partial charge in [0.25, 0.3) is 0 Å². The number of urea groups is 1. The van der Waals surface area contributed by atoms with Crippen LogP contribution in [0.2, 0.25) is 5.02 Å². The lowest BCUT2D eigenvalue weighted by molar-refractivity contribution is -0.153. The fraction of sp³-hybridized carbons (Fsp3) is 0.375. The molecule has 3 aliphatic rings. The van der Waals surface area contributed by atoms with Gasteiger partial charge in [0.2, 0.25) is 11.8 Å². The van der Waals surface area contributed by atoms with Gasteiger partial charge in [0, 0.05) is 24.0 Å². The molecule has 2 saturated heterocycles. The third kappa shape index (κ3) is 3.02. The van der Waals surface area contributed by atoms with Gasteiger partial charge < -0.3 is 14.2 Å². The molecule has 2 aromatic heterocycles. The highest BCUT2D eigenvalue weighted by atomic mass is 35.5. The van der Waals surface area contributed by atoms with E-state index in [9.17, 15) is 14.4 Å². The number of pyridine rings is 1. The fourth-order valence-electron chi connectivity index (χ4n) is 5.76. The molecular formula is C24H22ClN5O5. The number of hydrogen-bond donors (Lipinski definition) is 2. The van der Waals surface area contributed by atoms with Gasteiger partial charge in [-0.1, -0.05) is 16.8 Å². The van der Waals surface area contributed by atoms with E-state index in [1.165, 1.54) is 0 Å². The quantitative estimate of drug-likeness (QED) is 0.493. The lowest BCUT2D eigenvalue weighted by atomic mass is 9.66. The highest BCUT2D eigenvalue weighted by Gasteiger charge is 2.63. The molecule has 0 bridgehead atoms. The van der Waals surface area contributed by atoms with Crippen LogP contribution in [0.1, 0.15) is 25.1 Å². The molecule has 35 heavy (non-hydrogen) atoms. The van der Waals surface area contributed by atoms with Crippen molar-refractivity contribution in [3.8, 4) is 11.3 Å². The summed E-state index contributed by atoms with van der Waals surface area (Å²) < 4.78 is 11.7.